The van der Waals surface area contributed by atoms with Gasteiger partial charge in [0.05, 0.1) is 6.10 Å². The molecule has 88 valence electrons. The van der Waals surface area contributed by atoms with Gasteiger partial charge in [-0.15, -0.1) is 0 Å². The number of hydrogen-bond donors (Lipinski definition) is 1. The van der Waals surface area contributed by atoms with Gasteiger partial charge in [0.2, 0.25) is 11.8 Å². The molecular weight excluding hydrogens is 222 g/mol. The van der Waals surface area contributed by atoms with Gasteiger partial charge in [-0.2, -0.15) is 16.7 Å². The van der Waals surface area contributed by atoms with Gasteiger partial charge in [-0.1, -0.05) is 0 Å². The number of hydrogen-bond acceptors (Lipinski definition) is 5. The highest BCUT2D eigenvalue weighted by Crippen LogP contribution is 2.20. The monoisotopic (exact) mass is 239 g/mol. The van der Waals surface area contributed by atoms with E-state index in [0.29, 0.717) is 17.9 Å². The van der Waals surface area contributed by atoms with E-state index in [-0.39, 0.29) is 6.10 Å². The summed E-state index contributed by atoms with van der Waals surface area (Å²) in [7, 11) is 0. The van der Waals surface area contributed by atoms with Gasteiger partial charge in [0.15, 0.2) is 0 Å². The Morgan fingerprint density at radius 2 is 2.44 bits per heavy atom. The fourth-order valence-corrected chi connectivity index (χ4v) is 2.70. The first-order chi connectivity index (χ1) is 7.74. The largest absolute Gasteiger partial charge is 0.475 e. The predicted octanol–water partition coefficient (Wildman–Crippen LogP) is 2.18. The standard InChI is InChI=1S/C11H17N3OS/c1-8(2)15-10-3-5-12-11(14-10)13-9-4-6-16-7-9/h3,5,8-9H,4,6-7H2,1-2H3,(H,12,13,14). The number of nitrogens with zero attached hydrogens (tertiary/aromatic N) is 2. The summed E-state index contributed by atoms with van der Waals surface area (Å²) in [6.45, 7) is 3.98. The molecule has 1 aromatic heterocycles. The van der Waals surface area contributed by atoms with Crippen LogP contribution in [0.25, 0.3) is 0 Å². The smallest absolute Gasteiger partial charge is 0.226 e. The van der Waals surface area contributed by atoms with E-state index < -0.39 is 0 Å². The lowest BCUT2D eigenvalue weighted by Crippen LogP contribution is -2.20. The van der Waals surface area contributed by atoms with Gasteiger partial charge < -0.3 is 10.1 Å². The van der Waals surface area contributed by atoms with Crippen molar-refractivity contribution in [1.82, 2.24) is 9.97 Å². The van der Waals surface area contributed by atoms with Crippen LogP contribution in [0.15, 0.2) is 12.3 Å². The van der Waals surface area contributed by atoms with Crippen molar-refractivity contribution >= 4 is 17.7 Å². The molecular formula is C11H17N3OS. The van der Waals surface area contributed by atoms with E-state index in [2.05, 4.69) is 15.3 Å². The van der Waals surface area contributed by atoms with Gasteiger partial charge in [-0.05, 0) is 26.0 Å². The maximum atomic E-state index is 5.52. The maximum absolute atomic E-state index is 5.52. The molecule has 1 aliphatic rings. The minimum Gasteiger partial charge on any atom is -0.475 e. The van der Waals surface area contributed by atoms with E-state index in [1.54, 1.807) is 12.3 Å². The Morgan fingerprint density at radius 3 is 3.12 bits per heavy atom. The van der Waals surface area contributed by atoms with Crippen molar-refractivity contribution in [2.45, 2.75) is 32.4 Å². The third-order valence-electron chi connectivity index (χ3n) is 2.25. The van der Waals surface area contributed by atoms with E-state index in [1.165, 1.54) is 12.2 Å². The fraction of sp³-hybridized carbons (Fsp3) is 0.636. The summed E-state index contributed by atoms with van der Waals surface area (Å²) in [4.78, 5) is 8.52. The normalized spacial score (nSPS) is 20.1. The molecule has 0 bridgehead atoms. The average molecular weight is 239 g/mol. The molecule has 0 aliphatic carbocycles. The predicted molar refractivity (Wildman–Crippen MR) is 67.1 cm³/mol. The van der Waals surface area contributed by atoms with Crippen LogP contribution in [-0.4, -0.2) is 33.6 Å². The molecule has 0 spiro atoms. The van der Waals surface area contributed by atoms with E-state index in [1.807, 2.05) is 25.6 Å². The molecule has 1 atom stereocenters. The molecule has 1 aliphatic heterocycles. The van der Waals surface area contributed by atoms with E-state index in [9.17, 15) is 0 Å². The van der Waals surface area contributed by atoms with Crippen LogP contribution in [0.2, 0.25) is 0 Å². The Labute approximate surface area is 100 Å². The van der Waals surface area contributed by atoms with Crippen molar-refractivity contribution in [3.63, 3.8) is 0 Å². The topological polar surface area (TPSA) is 47.0 Å². The SMILES string of the molecule is CC(C)Oc1ccnc(NC2CCSC2)n1. The van der Waals surface area contributed by atoms with Crippen LogP contribution < -0.4 is 10.1 Å². The Balaban J connectivity index is 1.97. The lowest BCUT2D eigenvalue weighted by atomic mass is 10.3. The maximum Gasteiger partial charge on any atom is 0.226 e. The average Bonchev–Trinajstić information content (AvgIpc) is 2.70. The zero-order valence-corrected chi connectivity index (χ0v) is 10.5. The molecule has 1 N–H and O–H groups in total. The number of rotatable bonds is 4. The van der Waals surface area contributed by atoms with Gasteiger partial charge in [0.25, 0.3) is 0 Å². The zero-order chi connectivity index (χ0) is 11.4. The fourth-order valence-electron chi connectivity index (χ4n) is 1.55. The molecule has 1 saturated heterocycles. The van der Waals surface area contributed by atoms with Crippen molar-refractivity contribution in [3.05, 3.63) is 12.3 Å². The number of thioether (sulfide) groups is 1. The van der Waals surface area contributed by atoms with Crippen molar-refractivity contribution < 1.29 is 4.74 Å². The molecule has 1 unspecified atom stereocenters. The van der Waals surface area contributed by atoms with Crippen LogP contribution in [0.3, 0.4) is 0 Å². The summed E-state index contributed by atoms with van der Waals surface area (Å²) >= 11 is 1.97. The molecule has 0 amide bonds. The molecule has 1 aromatic rings. The summed E-state index contributed by atoms with van der Waals surface area (Å²) < 4.78 is 5.52. The molecule has 16 heavy (non-hydrogen) atoms. The molecule has 1 fully saturated rings. The number of aromatic nitrogens is 2. The minimum absolute atomic E-state index is 0.143. The summed E-state index contributed by atoms with van der Waals surface area (Å²) in [6, 6.07) is 2.29. The molecule has 4 nitrogen and oxygen atoms in total. The Bertz CT molecular complexity index is 340. The van der Waals surface area contributed by atoms with Crippen molar-refractivity contribution in [2.24, 2.45) is 0 Å². The molecule has 5 heteroatoms. The number of nitrogens with one attached hydrogen (secondary N) is 1. The third-order valence-corrected chi connectivity index (χ3v) is 3.41. The molecule has 0 saturated carbocycles. The quantitative estimate of drug-likeness (QED) is 0.872. The lowest BCUT2D eigenvalue weighted by Gasteiger charge is -2.13. The molecule has 0 radical (unpaired) electrons. The van der Waals surface area contributed by atoms with Crippen molar-refractivity contribution in [3.8, 4) is 5.88 Å². The van der Waals surface area contributed by atoms with E-state index in [4.69, 9.17) is 4.74 Å². The van der Waals surface area contributed by atoms with Crippen LogP contribution in [0, 0.1) is 0 Å². The zero-order valence-electron chi connectivity index (χ0n) is 9.64. The van der Waals surface area contributed by atoms with Crippen molar-refractivity contribution in [2.75, 3.05) is 16.8 Å². The van der Waals surface area contributed by atoms with Gasteiger partial charge in [0, 0.05) is 24.1 Å². The number of anilines is 1. The summed E-state index contributed by atoms with van der Waals surface area (Å²) in [5.74, 6) is 3.67. The Morgan fingerprint density at radius 1 is 1.56 bits per heavy atom. The first-order valence-electron chi connectivity index (χ1n) is 5.58. The number of ether oxygens (including phenoxy) is 1. The van der Waals surface area contributed by atoms with Crippen LogP contribution in [0.5, 0.6) is 5.88 Å². The summed E-state index contributed by atoms with van der Waals surface area (Å²) in [5, 5.41) is 3.33. The van der Waals surface area contributed by atoms with Gasteiger partial charge >= 0.3 is 0 Å². The van der Waals surface area contributed by atoms with E-state index in [0.717, 1.165) is 5.75 Å². The van der Waals surface area contributed by atoms with Crippen molar-refractivity contribution in [1.29, 1.82) is 0 Å². The summed E-state index contributed by atoms with van der Waals surface area (Å²) in [6.07, 6.45) is 3.06. The highest BCUT2D eigenvalue weighted by molar-refractivity contribution is 7.99. The second kappa shape index (κ2) is 5.39. The van der Waals surface area contributed by atoms with Gasteiger partial charge in [-0.3, -0.25) is 0 Å². The molecule has 2 heterocycles. The third kappa shape index (κ3) is 3.27. The van der Waals surface area contributed by atoms with Gasteiger partial charge in [0.1, 0.15) is 0 Å². The second-order valence-corrected chi connectivity index (χ2v) is 5.24. The molecule has 0 aromatic carbocycles. The first-order valence-corrected chi connectivity index (χ1v) is 6.73. The highest BCUT2D eigenvalue weighted by Gasteiger charge is 2.16. The Hall–Kier alpha value is -0.970. The highest BCUT2D eigenvalue weighted by atomic mass is 32.2. The molecule has 2 rings (SSSR count). The van der Waals surface area contributed by atoms with Crippen LogP contribution in [0.4, 0.5) is 5.95 Å². The van der Waals surface area contributed by atoms with Crippen LogP contribution >= 0.6 is 11.8 Å². The summed E-state index contributed by atoms with van der Waals surface area (Å²) in [5.41, 5.74) is 0. The lowest BCUT2D eigenvalue weighted by molar-refractivity contribution is 0.232. The van der Waals surface area contributed by atoms with Gasteiger partial charge in [-0.25, -0.2) is 4.98 Å². The van der Waals surface area contributed by atoms with E-state index >= 15 is 0 Å². The first kappa shape index (κ1) is 11.5. The van der Waals surface area contributed by atoms with Crippen LogP contribution in [0.1, 0.15) is 20.3 Å². The van der Waals surface area contributed by atoms with Crippen LogP contribution in [-0.2, 0) is 0 Å². The minimum atomic E-state index is 0.143. The second-order valence-electron chi connectivity index (χ2n) is 4.09. The Kier molecular flexibility index (Phi) is 3.88.